The Morgan fingerprint density at radius 1 is 1.24 bits per heavy atom. The molecule has 0 unspecified atom stereocenters. The summed E-state index contributed by atoms with van der Waals surface area (Å²) in [5, 5.41) is 23.1. The maximum atomic E-state index is 12.9. The summed E-state index contributed by atoms with van der Waals surface area (Å²) in [7, 11) is 0. The van der Waals surface area contributed by atoms with E-state index in [1.54, 1.807) is 13.0 Å². The number of hydrogen-bond acceptors (Lipinski definition) is 8. The first-order valence-electron chi connectivity index (χ1n) is 9.88. The second-order valence-electron chi connectivity index (χ2n) is 7.19. The highest BCUT2D eigenvalue weighted by Gasteiger charge is 2.19. The number of aryl methyl sites for hydroxylation is 1. The third-order valence-corrected chi connectivity index (χ3v) is 4.81. The van der Waals surface area contributed by atoms with Gasteiger partial charge in [0.25, 0.3) is 17.2 Å². The number of benzene rings is 2. The molecule has 2 aromatic carbocycles. The zero-order chi connectivity index (χ0) is 23.4. The van der Waals surface area contributed by atoms with Crippen molar-refractivity contribution in [2.24, 2.45) is 5.10 Å². The molecule has 1 N–H and O–H groups in total. The Balaban J connectivity index is 1.55. The van der Waals surface area contributed by atoms with Crippen LogP contribution in [-0.2, 0) is 17.8 Å². The quantitative estimate of drug-likeness (QED) is 0.260. The van der Waals surface area contributed by atoms with Crippen LogP contribution < -0.4 is 11.0 Å². The number of fused-ring (bicyclic) bond motifs is 1. The van der Waals surface area contributed by atoms with E-state index in [1.807, 2.05) is 30.3 Å². The van der Waals surface area contributed by atoms with Gasteiger partial charge in [-0.25, -0.2) is 10.1 Å². The molecule has 0 aliphatic carbocycles. The maximum Gasteiger partial charge on any atom is 0.280 e. The van der Waals surface area contributed by atoms with Crippen LogP contribution in [0.4, 0.5) is 5.69 Å². The molecule has 166 valence electrons. The van der Waals surface area contributed by atoms with Gasteiger partial charge in [-0.1, -0.05) is 47.6 Å². The smallest absolute Gasteiger partial charge is 0.280 e. The van der Waals surface area contributed by atoms with Crippen molar-refractivity contribution in [3.63, 3.8) is 0 Å². The SMILES string of the molecule is Cc1noc2c(Cc3ccccc3)nn(CC(=O)N/N=C/c3cccc([N+](=O)[O-])c3)c(=O)c12. The average molecular weight is 446 g/mol. The van der Waals surface area contributed by atoms with Crippen molar-refractivity contribution in [1.29, 1.82) is 0 Å². The lowest BCUT2D eigenvalue weighted by molar-refractivity contribution is -0.384. The van der Waals surface area contributed by atoms with E-state index in [9.17, 15) is 19.7 Å². The van der Waals surface area contributed by atoms with Crippen LogP contribution in [0.15, 0.2) is 69.0 Å². The molecule has 0 bridgehead atoms. The fourth-order valence-corrected chi connectivity index (χ4v) is 3.26. The van der Waals surface area contributed by atoms with Gasteiger partial charge in [-0.05, 0) is 12.5 Å². The molecular weight excluding hydrogens is 428 g/mol. The zero-order valence-corrected chi connectivity index (χ0v) is 17.5. The highest BCUT2D eigenvalue weighted by Crippen LogP contribution is 2.19. The van der Waals surface area contributed by atoms with E-state index in [2.05, 4.69) is 20.8 Å². The number of carbonyl (C=O) groups excluding carboxylic acids is 1. The molecular formula is C22H18N6O5. The maximum absolute atomic E-state index is 12.9. The van der Waals surface area contributed by atoms with Gasteiger partial charge >= 0.3 is 0 Å². The molecule has 33 heavy (non-hydrogen) atoms. The Kier molecular flexibility index (Phi) is 6.02. The molecule has 0 spiro atoms. The summed E-state index contributed by atoms with van der Waals surface area (Å²) in [5.41, 5.74) is 4.28. The van der Waals surface area contributed by atoms with Crippen molar-refractivity contribution in [2.75, 3.05) is 0 Å². The predicted octanol–water partition coefficient (Wildman–Crippen LogP) is 2.34. The summed E-state index contributed by atoms with van der Waals surface area (Å²) >= 11 is 0. The van der Waals surface area contributed by atoms with Crippen molar-refractivity contribution < 1.29 is 14.2 Å². The summed E-state index contributed by atoms with van der Waals surface area (Å²) in [6.45, 7) is 1.26. The third kappa shape index (κ3) is 4.82. The standard InChI is InChI=1S/C22H18N6O5/c1-14-20-21(33-26-14)18(11-15-6-3-2-4-7-15)25-27(22(20)30)13-19(29)24-23-12-16-8-5-9-17(10-16)28(31)32/h2-10,12H,11,13H2,1H3,(H,24,29)/b23-12+. The molecule has 1 amide bonds. The first kappa shape index (κ1) is 21.6. The van der Waals surface area contributed by atoms with Gasteiger partial charge in [0.1, 0.15) is 17.6 Å². The van der Waals surface area contributed by atoms with E-state index in [-0.39, 0.29) is 17.6 Å². The highest BCUT2D eigenvalue weighted by atomic mass is 16.6. The fraction of sp³-hybridized carbons (Fsp3) is 0.136. The molecule has 0 saturated heterocycles. The van der Waals surface area contributed by atoms with E-state index in [1.165, 1.54) is 24.4 Å². The largest absolute Gasteiger partial charge is 0.354 e. The first-order valence-corrected chi connectivity index (χ1v) is 9.88. The number of rotatable bonds is 7. The summed E-state index contributed by atoms with van der Waals surface area (Å²) in [4.78, 5) is 35.6. The minimum absolute atomic E-state index is 0.0932. The van der Waals surface area contributed by atoms with Crippen molar-refractivity contribution in [3.8, 4) is 0 Å². The summed E-state index contributed by atoms with van der Waals surface area (Å²) in [6, 6.07) is 15.3. The number of non-ortho nitro benzene ring substituents is 1. The van der Waals surface area contributed by atoms with Gasteiger partial charge in [0, 0.05) is 24.1 Å². The van der Waals surface area contributed by atoms with Gasteiger partial charge in [-0.2, -0.15) is 10.2 Å². The number of hydrogen-bond donors (Lipinski definition) is 1. The minimum Gasteiger partial charge on any atom is -0.354 e. The lowest BCUT2D eigenvalue weighted by Crippen LogP contribution is -2.32. The number of nitrogens with zero attached hydrogens (tertiary/aromatic N) is 5. The van der Waals surface area contributed by atoms with E-state index in [0.29, 0.717) is 29.0 Å². The molecule has 2 heterocycles. The van der Waals surface area contributed by atoms with E-state index >= 15 is 0 Å². The second-order valence-corrected chi connectivity index (χ2v) is 7.19. The van der Waals surface area contributed by atoms with Crippen LogP contribution >= 0.6 is 0 Å². The van der Waals surface area contributed by atoms with Crippen LogP contribution in [0.5, 0.6) is 0 Å². The predicted molar refractivity (Wildman–Crippen MR) is 119 cm³/mol. The average Bonchev–Trinajstić information content (AvgIpc) is 3.20. The van der Waals surface area contributed by atoms with E-state index in [0.717, 1.165) is 10.2 Å². The topological polar surface area (TPSA) is 146 Å². The number of nitrogens with one attached hydrogen (secondary N) is 1. The van der Waals surface area contributed by atoms with Crippen LogP contribution in [-0.4, -0.2) is 32.0 Å². The molecule has 0 saturated carbocycles. The monoisotopic (exact) mass is 446 g/mol. The number of nitro groups is 1. The van der Waals surface area contributed by atoms with Gasteiger partial charge in [-0.3, -0.25) is 19.7 Å². The molecule has 11 heteroatoms. The van der Waals surface area contributed by atoms with Crippen molar-refractivity contribution >= 4 is 28.8 Å². The Morgan fingerprint density at radius 2 is 2.03 bits per heavy atom. The molecule has 0 aliphatic rings. The Labute approximate surface area is 186 Å². The third-order valence-electron chi connectivity index (χ3n) is 4.81. The van der Waals surface area contributed by atoms with Crippen LogP contribution in [0, 0.1) is 17.0 Å². The molecule has 0 fully saturated rings. The van der Waals surface area contributed by atoms with E-state index in [4.69, 9.17) is 4.52 Å². The summed E-state index contributed by atoms with van der Waals surface area (Å²) in [5.74, 6) is -0.592. The van der Waals surface area contributed by atoms with Crippen LogP contribution in [0.25, 0.3) is 11.0 Å². The van der Waals surface area contributed by atoms with Crippen LogP contribution in [0.3, 0.4) is 0 Å². The molecule has 2 aromatic heterocycles. The fourth-order valence-electron chi connectivity index (χ4n) is 3.26. The Bertz CT molecular complexity index is 1420. The van der Waals surface area contributed by atoms with Gasteiger partial charge in [0.05, 0.1) is 16.8 Å². The molecule has 4 aromatic rings. The molecule has 4 rings (SSSR count). The van der Waals surface area contributed by atoms with Crippen LogP contribution in [0.2, 0.25) is 0 Å². The van der Waals surface area contributed by atoms with Crippen molar-refractivity contribution in [3.05, 3.63) is 97.6 Å². The Hall–Kier alpha value is -4.67. The lowest BCUT2D eigenvalue weighted by Gasteiger charge is -2.07. The number of hydrazone groups is 1. The number of aromatic nitrogens is 3. The Morgan fingerprint density at radius 3 is 2.79 bits per heavy atom. The lowest BCUT2D eigenvalue weighted by atomic mass is 10.1. The molecule has 11 nitrogen and oxygen atoms in total. The highest BCUT2D eigenvalue weighted by molar-refractivity contribution is 5.83. The van der Waals surface area contributed by atoms with Crippen LogP contribution in [0.1, 0.15) is 22.5 Å². The normalized spacial score (nSPS) is 11.2. The van der Waals surface area contributed by atoms with Gasteiger partial charge in [0.15, 0.2) is 5.58 Å². The van der Waals surface area contributed by atoms with E-state index < -0.39 is 16.4 Å². The summed E-state index contributed by atoms with van der Waals surface area (Å²) in [6.07, 6.45) is 1.66. The van der Waals surface area contributed by atoms with Gasteiger partial charge in [0.2, 0.25) is 0 Å². The molecule has 0 atom stereocenters. The second kappa shape index (κ2) is 9.22. The van der Waals surface area contributed by atoms with Gasteiger partial charge in [-0.15, -0.1) is 0 Å². The minimum atomic E-state index is -0.592. The number of nitro benzene ring substituents is 1. The molecule has 0 aliphatic heterocycles. The summed E-state index contributed by atoms with van der Waals surface area (Å²) < 4.78 is 6.38. The number of carbonyl (C=O) groups is 1. The van der Waals surface area contributed by atoms with Gasteiger partial charge < -0.3 is 4.52 Å². The van der Waals surface area contributed by atoms with Crippen molar-refractivity contribution in [1.82, 2.24) is 20.4 Å². The zero-order valence-electron chi connectivity index (χ0n) is 17.5. The first-order chi connectivity index (χ1) is 15.9. The molecule has 0 radical (unpaired) electrons. The number of amides is 1. The van der Waals surface area contributed by atoms with Crippen molar-refractivity contribution in [2.45, 2.75) is 19.9 Å².